The lowest BCUT2D eigenvalue weighted by Gasteiger charge is -2.12. The summed E-state index contributed by atoms with van der Waals surface area (Å²) in [5.41, 5.74) is 10.7. The summed E-state index contributed by atoms with van der Waals surface area (Å²) >= 11 is 0. The Morgan fingerprint density at radius 2 is 0.815 bits per heavy atom. The second kappa shape index (κ2) is 14.2. The number of aromatic nitrogens is 5. The Hall–Kier alpha value is -7.62. The molecule has 6 nitrogen and oxygen atoms in total. The number of fused-ring (bicyclic) bond motifs is 1. The van der Waals surface area contributed by atoms with Crippen LogP contribution in [0, 0.1) is 11.3 Å². The molecule has 2 aromatic heterocycles. The van der Waals surface area contributed by atoms with E-state index in [-0.39, 0.29) is 0 Å². The van der Waals surface area contributed by atoms with Gasteiger partial charge in [0, 0.05) is 33.2 Å². The highest BCUT2D eigenvalue weighted by molar-refractivity contribution is 5.94. The molecule has 0 spiro atoms. The second-order valence-corrected chi connectivity index (χ2v) is 12.8. The highest BCUT2D eigenvalue weighted by atomic mass is 15.0. The molecule has 0 bridgehead atoms. The highest BCUT2D eigenvalue weighted by Gasteiger charge is 2.15. The molecule has 9 rings (SSSR count). The minimum absolute atomic E-state index is 0.562. The molecule has 0 aliphatic carbocycles. The maximum Gasteiger partial charge on any atom is 0.164 e. The molecule has 252 valence electrons. The Morgan fingerprint density at radius 1 is 0.333 bits per heavy atom. The van der Waals surface area contributed by atoms with Gasteiger partial charge in [0.2, 0.25) is 0 Å². The summed E-state index contributed by atoms with van der Waals surface area (Å²) in [6.07, 6.45) is 0. The van der Waals surface area contributed by atoms with Gasteiger partial charge in [-0.15, -0.1) is 0 Å². The van der Waals surface area contributed by atoms with Crippen molar-refractivity contribution in [1.29, 1.82) is 5.26 Å². The van der Waals surface area contributed by atoms with Crippen LogP contribution in [-0.2, 0) is 0 Å². The van der Waals surface area contributed by atoms with Crippen molar-refractivity contribution in [3.05, 3.63) is 188 Å². The van der Waals surface area contributed by atoms with Crippen LogP contribution in [0.25, 0.3) is 90.0 Å². The average molecular weight is 691 g/mol. The van der Waals surface area contributed by atoms with Gasteiger partial charge in [-0.25, -0.2) is 24.9 Å². The van der Waals surface area contributed by atoms with Crippen LogP contribution in [0.1, 0.15) is 5.56 Å². The third-order valence-electron chi connectivity index (χ3n) is 9.40. The molecule has 0 N–H and O–H groups in total. The van der Waals surface area contributed by atoms with E-state index in [0.717, 1.165) is 66.7 Å². The van der Waals surface area contributed by atoms with Crippen molar-refractivity contribution in [2.45, 2.75) is 0 Å². The Morgan fingerprint density at radius 3 is 1.43 bits per heavy atom. The summed E-state index contributed by atoms with van der Waals surface area (Å²) in [5, 5.41) is 11.4. The van der Waals surface area contributed by atoms with Crippen molar-refractivity contribution in [1.82, 2.24) is 24.9 Å². The first-order valence-corrected chi connectivity index (χ1v) is 17.6. The Kier molecular flexibility index (Phi) is 8.48. The Balaban J connectivity index is 1.05. The predicted octanol–water partition coefficient (Wildman–Crippen LogP) is 11.4. The number of para-hydroxylation sites is 1. The highest BCUT2D eigenvalue weighted by Crippen LogP contribution is 2.34. The van der Waals surface area contributed by atoms with Crippen LogP contribution in [0.5, 0.6) is 0 Å². The van der Waals surface area contributed by atoms with Crippen LogP contribution >= 0.6 is 0 Å². The zero-order chi connectivity index (χ0) is 36.3. The molecule has 0 fully saturated rings. The fourth-order valence-electron chi connectivity index (χ4n) is 6.67. The van der Waals surface area contributed by atoms with Gasteiger partial charge in [-0.1, -0.05) is 164 Å². The van der Waals surface area contributed by atoms with Crippen molar-refractivity contribution in [3.8, 4) is 85.1 Å². The number of benzene rings is 7. The minimum atomic E-state index is 0.562. The molecule has 54 heavy (non-hydrogen) atoms. The maximum absolute atomic E-state index is 10.4. The molecule has 0 radical (unpaired) electrons. The quantitative estimate of drug-likeness (QED) is 0.165. The second-order valence-electron chi connectivity index (χ2n) is 12.8. The Bertz CT molecular complexity index is 2760. The van der Waals surface area contributed by atoms with Gasteiger partial charge in [-0.2, -0.15) is 5.26 Å². The fourth-order valence-corrected chi connectivity index (χ4v) is 6.67. The molecule has 0 unspecified atom stereocenters. The molecular weight excluding hydrogens is 661 g/mol. The Labute approximate surface area is 312 Å². The van der Waals surface area contributed by atoms with Crippen molar-refractivity contribution in [2.24, 2.45) is 0 Å². The first-order valence-electron chi connectivity index (χ1n) is 17.6. The lowest BCUT2D eigenvalue weighted by atomic mass is 9.94. The van der Waals surface area contributed by atoms with Gasteiger partial charge in [-0.3, -0.25) is 0 Å². The zero-order valence-electron chi connectivity index (χ0n) is 29.0. The van der Waals surface area contributed by atoms with Gasteiger partial charge < -0.3 is 0 Å². The maximum atomic E-state index is 10.4. The summed E-state index contributed by atoms with van der Waals surface area (Å²) < 4.78 is 0. The number of nitriles is 1. The third-order valence-corrected chi connectivity index (χ3v) is 9.40. The van der Waals surface area contributed by atoms with E-state index in [2.05, 4.69) is 42.5 Å². The first-order chi connectivity index (χ1) is 26.7. The molecular formula is C48H30N6. The average Bonchev–Trinajstić information content (AvgIpc) is 3.26. The van der Waals surface area contributed by atoms with E-state index in [4.69, 9.17) is 24.9 Å². The molecule has 6 heteroatoms. The smallest absolute Gasteiger partial charge is 0.164 e. The van der Waals surface area contributed by atoms with E-state index < -0.39 is 0 Å². The van der Waals surface area contributed by atoms with Crippen molar-refractivity contribution in [2.75, 3.05) is 0 Å². The van der Waals surface area contributed by atoms with E-state index in [9.17, 15) is 5.26 Å². The molecule has 9 aromatic rings. The molecule has 0 atom stereocenters. The van der Waals surface area contributed by atoms with Gasteiger partial charge in [0.25, 0.3) is 0 Å². The van der Waals surface area contributed by atoms with Crippen molar-refractivity contribution < 1.29 is 0 Å². The third kappa shape index (κ3) is 6.38. The largest absolute Gasteiger partial charge is 0.228 e. The van der Waals surface area contributed by atoms with Gasteiger partial charge in [0.05, 0.1) is 22.8 Å². The summed E-state index contributed by atoms with van der Waals surface area (Å²) in [7, 11) is 0. The van der Waals surface area contributed by atoms with Gasteiger partial charge in [-0.05, 0) is 40.5 Å². The number of nitrogens with zero attached hydrogens (tertiary/aromatic N) is 6. The summed E-state index contributed by atoms with van der Waals surface area (Å²) in [4.78, 5) is 24.5. The molecule has 0 aliphatic heterocycles. The SMILES string of the molecule is N#Cc1cc(-c2ccc(-c3nc(-c4ccccc4)nc4ccccc34)cc2)ccc1-c1cccc(-c2nc(-c3ccccc3)nc(-c3ccccc3)n2)c1. The van der Waals surface area contributed by atoms with Crippen molar-refractivity contribution >= 4 is 10.9 Å². The van der Waals surface area contributed by atoms with Gasteiger partial charge >= 0.3 is 0 Å². The van der Waals surface area contributed by atoms with Crippen LogP contribution in [0.15, 0.2) is 182 Å². The van der Waals surface area contributed by atoms with E-state index in [1.165, 1.54) is 0 Å². The summed E-state index contributed by atoms with van der Waals surface area (Å²) in [6, 6.07) is 62.8. The monoisotopic (exact) mass is 690 g/mol. The van der Waals surface area contributed by atoms with Crippen LogP contribution in [0.3, 0.4) is 0 Å². The summed E-state index contributed by atoms with van der Waals surface area (Å²) in [6.45, 7) is 0. The normalized spacial score (nSPS) is 10.9. The molecule has 0 aliphatic rings. The van der Waals surface area contributed by atoms with Crippen LogP contribution in [0.4, 0.5) is 0 Å². The van der Waals surface area contributed by atoms with Gasteiger partial charge in [0.1, 0.15) is 0 Å². The minimum Gasteiger partial charge on any atom is -0.228 e. The molecule has 0 saturated carbocycles. The molecule has 2 heterocycles. The fraction of sp³-hybridized carbons (Fsp3) is 0. The summed E-state index contributed by atoms with van der Waals surface area (Å²) in [5.74, 6) is 2.45. The molecule has 0 saturated heterocycles. The molecule has 7 aromatic carbocycles. The van der Waals surface area contributed by atoms with Crippen molar-refractivity contribution in [3.63, 3.8) is 0 Å². The van der Waals surface area contributed by atoms with Gasteiger partial charge in [0.15, 0.2) is 23.3 Å². The lowest BCUT2D eigenvalue weighted by molar-refractivity contribution is 1.07. The first kappa shape index (κ1) is 32.3. The zero-order valence-corrected chi connectivity index (χ0v) is 29.0. The predicted molar refractivity (Wildman–Crippen MR) is 216 cm³/mol. The topological polar surface area (TPSA) is 88.2 Å². The van der Waals surface area contributed by atoms with E-state index in [1.807, 2.05) is 146 Å². The van der Waals surface area contributed by atoms with E-state index in [1.54, 1.807) is 0 Å². The lowest BCUT2D eigenvalue weighted by Crippen LogP contribution is -2.00. The van der Waals surface area contributed by atoms with E-state index >= 15 is 0 Å². The van der Waals surface area contributed by atoms with Crippen LogP contribution < -0.4 is 0 Å². The van der Waals surface area contributed by atoms with E-state index in [0.29, 0.717) is 28.9 Å². The van der Waals surface area contributed by atoms with Crippen LogP contribution in [-0.4, -0.2) is 24.9 Å². The number of hydrogen-bond acceptors (Lipinski definition) is 6. The van der Waals surface area contributed by atoms with Crippen LogP contribution in [0.2, 0.25) is 0 Å². The standard InChI is InChI=1S/C48H30N6/c49-31-40-29-37(32-23-25-33(26-24-32)44-42-21-10-11-22-43(42)50-45(51-44)34-13-4-1-5-14-34)27-28-41(40)38-19-12-20-39(30-38)48-53-46(35-15-6-2-7-16-35)52-47(54-48)36-17-8-3-9-18-36/h1-30H. The molecule has 0 amide bonds. The number of rotatable bonds is 7. The number of hydrogen-bond donors (Lipinski definition) is 0.